The van der Waals surface area contributed by atoms with Crippen molar-refractivity contribution in [1.29, 1.82) is 0 Å². The molecule has 2 N–H and O–H groups in total. The van der Waals surface area contributed by atoms with E-state index in [9.17, 15) is 0 Å². The maximum atomic E-state index is 8.45. The van der Waals surface area contributed by atoms with E-state index in [1.165, 1.54) is 0 Å². The molecule has 0 heterocycles. The van der Waals surface area contributed by atoms with Crippen LogP contribution in [0.3, 0.4) is 0 Å². The Morgan fingerprint density at radius 1 is 1.38 bits per heavy atom. The molecule has 0 radical (unpaired) electrons. The smallest absolute Gasteiger partial charge is 0.147 e. The van der Waals surface area contributed by atoms with Gasteiger partial charge in [0.05, 0.1) is 0 Å². The number of hydrogen-bond donors (Lipinski definition) is 2. The fourth-order valence-corrected chi connectivity index (χ4v) is 2.59. The van der Waals surface area contributed by atoms with Crippen molar-refractivity contribution >= 4 is 33.0 Å². The molecular weight excluding hydrogens is 234 g/mol. The summed E-state index contributed by atoms with van der Waals surface area (Å²) in [7, 11) is 0. The summed E-state index contributed by atoms with van der Waals surface area (Å²) in [5.41, 5.74) is 0. The molecule has 0 unspecified atom stereocenters. The average molecular weight is 247 g/mol. The monoisotopic (exact) mass is 248 g/mol. The van der Waals surface area contributed by atoms with Crippen LogP contribution in [0.25, 0.3) is 0 Å². The van der Waals surface area contributed by atoms with E-state index in [1.54, 1.807) is 0 Å². The molecule has 0 rings (SSSR count). The third-order valence-corrected chi connectivity index (χ3v) is 3.45. The van der Waals surface area contributed by atoms with Crippen LogP contribution in [-0.2, 0) is 0 Å². The zero-order valence-corrected chi connectivity index (χ0v) is 9.11. The molecule has 2 nitrogen and oxygen atoms in total. The molecule has 0 saturated carbocycles. The molecule has 0 spiro atoms. The van der Waals surface area contributed by atoms with Crippen molar-refractivity contribution in [2.24, 2.45) is 0 Å². The van der Waals surface area contributed by atoms with Gasteiger partial charge in [-0.15, -0.1) is 12.4 Å². The molecule has 0 aliphatic carbocycles. The van der Waals surface area contributed by atoms with Crippen LogP contribution in [0.15, 0.2) is 0 Å². The van der Waals surface area contributed by atoms with Gasteiger partial charge < -0.3 is 0 Å². The fraction of sp³-hybridized carbons (Fsp3) is 1.00. The van der Waals surface area contributed by atoms with Crippen LogP contribution in [-0.4, -0.2) is 27.5 Å². The maximum Gasteiger partial charge on any atom is -0.147 e. The third-order valence-electron chi connectivity index (χ3n) is 0.816. The molecule has 8 heavy (non-hydrogen) atoms. The van der Waals surface area contributed by atoms with Gasteiger partial charge in [-0.05, 0) is 0 Å². The van der Waals surface area contributed by atoms with Crippen molar-refractivity contribution in [3.8, 4) is 0 Å². The SMILES string of the molecule is CCC[CH2][SnH]([OH])[OH].Cl. The summed E-state index contributed by atoms with van der Waals surface area (Å²) < 4.78 is 17.6. The van der Waals surface area contributed by atoms with Gasteiger partial charge in [0.15, 0.2) is 0 Å². The van der Waals surface area contributed by atoms with Gasteiger partial charge in [-0.2, -0.15) is 0 Å². The van der Waals surface area contributed by atoms with Crippen LogP contribution in [0.4, 0.5) is 0 Å². The second kappa shape index (κ2) is 8.01. The zero-order chi connectivity index (χ0) is 5.70. The van der Waals surface area contributed by atoms with Gasteiger partial charge in [-0.25, -0.2) is 0 Å². The summed E-state index contributed by atoms with van der Waals surface area (Å²) in [4.78, 5) is 0. The summed E-state index contributed by atoms with van der Waals surface area (Å²) in [5, 5.41) is 0. The van der Waals surface area contributed by atoms with Gasteiger partial charge >= 0.3 is 51.7 Å². The number of unbranched alkanes of at least 4 members (excludes halogenated alkanes) is 1. The quantitative estimate of drug-likeness (QED) is 0.709. The first-order valence-electron chi connectivity index (χ1n) is 2.63. The van der Waals surface area contributed by atoms with Crippen LogP contribution < -0.4 is 0 Å². The molecule has 0 aliphatic rings. The zero-order valence-electron chi connectivity index (χ0n) is 5.00. The summed E-state index contributed by atoms with van der Waals surface area (Å²) in [6.45, 7) is 2.05. The molecule has 0 atom stereocenters. The molecule has 0 saturated heterocycles. The van der Waals surface area contributed by atoms with Gasteiger partial charge in [-0.1, -0.05) is 0 Å². The average Bonchev–Trinajstić information content (AvgIpc) is 1.61. The van der Waals surface area contributed by atoms with Crippen molar-refractivity contribution in [3.05, 3.63) is 0 Å². The first-order valence-corrected chi connectivity index (χ1v) is 7.91. The van der Waals surface area contributed by atoms with E-state index in [-0.39, 0.29) is 12.4 Å². The van der Waals surface area contributed by atoms with Crippen molar-refractivity contribution in [2.45, 2.75) is 24.2 Å². The van der Waals surface area contributed by atoms with Crippen LogP contribution in [0.1, 0.15) is 19.8 Å². The Kier molecular flexibility index (Phi) is 11.8. The molecule has 0 aliphatic heterocycles. The second-order valence-corrected chi connectivity index (χ2v) is 6.01. The summed E-state index contributed by atoms with van der Waals surface area (Å²) >= 11 is -2.75. The van der Waals surface area contributed by atoms with Gasteiger partial charge in [0, 0.05) is 0 Å². The Balaban J connectivity index is 0. The number of rotatable bonds is 3. The Morgan fingerprint density at radius 2 is 1.88 bits per heavy atom. The van der Waals surface area contributed by atoms with E-state index in [1.807, 2.05) is 6.92 Å². The first-order chi connectivity index (χ1) is 3.27. The van der Waals surface area contributed by atoms with E-state index < -0.39 is 20.6 Å². The molecule has 0 bridgehead atoms. The van der Waals surface area contributed by atoms with Crippen LogP contribution in [0.2, 0.25) is 4.44 Å². The molecule has 52 valence electrons. The van der Waals surface area contributed by atoms with E-state index in [2.05, 4.69) is 0 Å². The summed E-state index contributed by atoms with van der Waals surface area (Å²) in [6, 6.07) is 0. The largest absolute Gasteiger partial charge is 0.147 e. The summed E-state index contributed by atoms with van der Waals surface area (Å²) in [6.07, 6.45) is 2.07. The molecule has 0 aromatic heterocycles. The number of halogens is 1. The van der Waals surface area contributed by atoms with Gasteiger partial charge in [0.1, 0.15) is 0 Å². The topological polar surface area (TPSA) is 40.5 Å². The molecule has 0 fully saturated rings. The van der Waals surface area contributed by atoms with Crippen molar-refractivity contribution < 1.29 is 6.89 Å². The van der Waals surface area contributed by atoms with Gasteiger partial charge in [0.25, 0.3) is 0 Å². The van der Waals surface area contributed by atoms with Gasteiger partial charge in [0.2, 0.25) is 0 Å². The molecular formula is C4H13ClO2Sn. The van der Waals surface area contributed by atoms with E-state index >= 15 is 0 Å². The van der Waals surface area contributed by atoms with Crippen molar-refractivity contribution in [2.75, 3.05) is 0 Å². The molecule has 0 amide bonds. The Labute approximate surface area is 64.2 Å². The predicted octanol–water partition coefficient (Wildman–Crippen LogP) is 0.413. The molecule has 4 heteroatoms. The van der Waals surface area contributed by atoms with Crippen LogP contribution >= 0.6 is 12.4 Å². The Bertz CT molecular complexity index is 43.0. The summed E-state index contributed by atoms with van der Waals surface area (Å²) in [5.74, 6) is 0. The maximum absolute atomic E-state index is 8.45. The normalized spacial score (nSPS) is 9.00. The Morgan fingerprint density at radius 3 is 2.00 bits per heavy atom. The van der Waals surface area contributed by atoms with Crippen LogP contribution in [0, 0.1) is 0 Å². The minimum Gasteiger partial charge on any atom is -0.147 e. The van der Waals surface area contributed by atoms with E-state index in [4.69, 9.17) is 6.89 Å². The molecule has 0 aromatic rings. The van der Waals surface area contributed by atoms with E-state index in [0.29, 0.717) is 0 Å². The van der Waals surface area contributed by atoms with Gasteiger partial charge in [-0.3, -0.25) is 0 Å². The minimum atomic E-state index is -2.75. The first kappa shape index (κ1) is 11.8. The molecule has 0 aromatic carbocycles. The fourth-order valence-electron chi connectivity index (χ4n) is 0.387. The van der Waals surface area contributed by atoms with Crippen molar-refractivity contribution in [1.82, 2.24) is 0 Å². The predicted molar refractivity (Wildman–Crippen MR) is 38.5 cm³/mol. The van der Waals surface area contributed by atoms with Crippen molar-refractivity contribution in [3.63, 3.8) is 0 Å². The van der Waals surface area contributed by atoms with Crippen LogP contribution in [0.5, 0.6) is 0 Å². The standard InChI is InChI=1S/C4H9.ClH.2H2O.Sn.H/c1-3-4-2;;;;;/h1,3-4H2,2H3;1H;2*1H2;;/q;;;;+2;/p-2. The van der Waals surface area contributed by atoms with E-state index in [0.717, 1.165) is 17.3 Å². The third kappa shape index (κ3) is 10.1. The minimum absolute atomic E-state index is 0. The number of hydrogen-bond acceptors (Lipinski definition) is 2. The Hall–Kier alpha value is 1.01. The second-order valence-electron chi connectivity index (χ2n) is 1.62.